The van der Waals surface area contributed by atoms with Crippen molar-refractivity contribution in [3.8, 4) is 11.5 Å². The molecule has 25 heavy (non-hydrogen) atoms. The summed E-state index contributed by atoms with van der Waals surface area (Å²) in [7, 11) is 3.16. The van der Waals surface area contributed by atoms with Crippen LogP contribution in [0.2, 0.25) is 0 Å². The fraction of sp³-hybridized carbons (Fsp3) is 0.316. The van der Waals surface area contributed by atoms with Crippen LogP contribution in [0.15, 0.2) is 42.5 Å². The predicted molar refractivity (Wildman–Crippen MR) is 94.1 cm³/mol. The lowest BCUT2D eigenvalue weighted by molar-refractivity contribution is -0.121. The zero-order valence-electron chi connectivity index (χ0n) is 14.5. The van der Waals surface area contributed by atoms with Crippen LogP contribution < -0.4 is 20.1 Å². The Morgan fingerprint density at radius 3 is 2.32 bits per heavy atom. The van der Waals surface area contributed by atoms with Gasteiger partial charge in [0.2, 0.25) is 5.91 Å². The normalized spacial score (nSPS) is 10.4. The van der Waals surface area contributed by atoms with Crippen molar-refractivity contribution in [2.45, 2.75) is 19.5 Å². The first-order valence-electron chi connectivity index (χ1n) is 8.05. The van der Waals surface area contributed by atoms with Crippen molar-refractivity contribution in [2.75, 3.05) is 20.8 Å². The fourth-order valence-corrected chi connectivity index (χ4v) is 2.32. The van der Waals surface area contributed by atoms with Gasteiger partial charge < -0.3 is 20.1 Å². The van der Waals surface area contributed by atoms with E-state index in [0.717, 1.165) is 11.1 Å². The largest absolute Gasteiger partial charge is 0.493 e. The third kappa shape index (κ3) is 6.08. The summed E-state index contributed by atoms with van der Waals surface area (Å²) < 4.78 is 23.2. The number of amides is 1. The van der Waals surface area contributed by atoms with E-state index in [4.69, 9.17) is 9.47 Å². The van der Waals surface area contributed by atoms with Gasteiger partial charge in [0.15, 0.2) is 11.5 Å². The molecule has 0 aliphatic heterocycles. The van der Waals surface area contributed by atoms with Crippen molar-refractivity contribution in [2.24, 2.45) is 0 Å². The summed E-state index contributed by atoms with van der Waals surface area (Å²) in [5.74, 6) is 0.998. The van der Waals surface area contributed by atoms with Crippen molar-refractivity contribution in [1.82, 2.24) is 10.6 Å². The van der Waals surface area contributed by atoms with Gasteiger partial charge in [-0.1, -0.05) is 18.2 Å². The van der Waals surface area contributed by atoms with E-state index in [1.165, 1.54) is 12.1 Å². The maximum absolute atomic E-state index is 12.8. The molecule has 5 nitrogen and oxygen atoms in total. The van der Waals surface area contributed by atoms with Gasteiger partial charge >= 0.3 is 0 Å². The first-order chi connectivity index (χ1) is 12.1. The van der Waals surface area contributed by atoms with Crippen LogP contribution in [0.3, 0.4) is 0 Å². The minimum Gasteiger partial charge on any atom is -0.493 e. The van der Waals surface area contributed by atoms with Crippen LogP contribution in [0, 0.1) is 5.82 Å². The van der Waals surface area contributed by atoms with E-state index in [0.29, 0.717) is 37.6 Å². The van der Waals surface area contributed by atoms with Gasteiger partial charge in [0, 0.05) is 26.1 Å². The van der Waals surface area contributed by atoms with Crippen molar-refractivity contribution >= 4 is 5.91 Å². The van der Waals surface area contributed by atoms with Crippen molar-refractivity contribution in [3.05, 3.63) is 59.4 Å². The zero-order valence-corrected chi connectivity index (χ0v) is 14.5. The molecule has 2 rings (SSSR count). The molecular weight excluding hydrogens is 323 g/mol. The summed E-state index contributed by atoms with van der Waals surface area (Å²) >= 11 is 0. The van der Waals surface area contributed by atoms with Crippen LogP contribution in [-0.2, 0) is 17.9 Å². The van der Waals surface area contributed by atoms with E-state index in [-0.39, 0.29) is 11.7 Å². The summed E-state index contributed by atoms with van der Waals surface area (Å²) in [4.78, 5) is 11.9. The number of nitrogens with one attached hydrogen (secondary N) is 2. The molecule has 0 radical (unpaired) electrons. The standard InChI is InChI=1S/C19H23FN2O3/c1-24-17-8-5-15(11-18(17)25-2)13-22-19(23)9-10-21-12-14-3-6-16(20)7-4-14/h3-8,11,21H,9-10,12-13H2,1-2H3,(H,22,23). The van der Waals surface area contributed by atoms with Gasteiger partial charge in [0.1, 0.15) is 5.82 Å². The lowest BCUT2D eigenvalue weighted by atomic mass is 10.2. The van der Waals surface area contributed by atoms with Gasteiger partial charge in [0.05, 0.1) is 14.2 Å². The molecule has 0 saturated carbocycles. The molecule has 0 atom stereocenters. The molecule has 0 heterocycles. The maximum atomic E-state index is 12.8. The van der Waals surface area contributed by atoms with E-state index >= 15 is 0 Å². The summed E-state index contributed by atoms with van der Waals surface area (Å²) in [6.45, 7) is 1.58. The minimum absolute atomic E-state index is 0.0404. The Labute approximate surface area is 147 Å². The third-order valence-corrected chi connectivity index (χ3v) is 3.71. The molecule has 1 amide bonds. The number of ether oxygens (including phenoxy) is 2. The maximum Gasteiger partial charge on any atom is 0.221 e. The Kier molecular flexibility index (Phi) is 7.22. The molecule has 0 bridgehead atoms. The van der Waals surface area contributed by atoms with Gasteiger partial charge in [-0.15, -0.1) is 0 Å². The number of methoxy groups -OCH3 is 2. The Morgan fingerprint density at radius 1 is 0.960 bits per heavy atom. The third-order valence-electron chi connectivity index (χ3n) is 3.71. The van der Waals surface area contributed by atoms with E-state index < -0.39 is 0 Å². The highest BCUT2D eigenvalue weighted by molar-refractivity contribution is 5.76. The van der Waals surface area contributed by atoms with Crippen LogP contribution in [0.1, 0.15) is 17.5 Å². The average molecular weight is 346 g/mol. The molecule has 0 aliphatic carbocycles. The molecule has 0 spiro atoms. The number of benzene rings is 2. The fourth-order valence-electron chi connectivity index (χ4n) is 2.32. The highest BCUT2D eigenvalue weighted by atomic mass is 19.1. The molecule has 2 aromatic carbocycles. The number of hydrogen-bond acceptors (Lipinski definition) is 4. The van der Waals surface area contributed by atoms with Gasteiger partial charge in [-0.25, -0.2) is 4.39 Å². The van der Waals surface area contributed by atoms with Crippen molar-refractivity contribution in [3.63, 3.8) is 0 Å². The summed E-state index contributed by atoms with van der Waals surface area (Å²) in [5, 5.41) is 6.03. The van der Waals surface area contributed by atoms with Gasteiger partial charge in [-0.05, 0) is 35.4 Å². The number of halogens is 1. The van der Waals surface area contributed by atoms with E-state index in [1.54, 1.807) is 26.4 Å². The highest BCUT2D eigenvalue weighted by Crippen LogP contribution is 2.27. The average Bonchev–Trinajstić information content (AvgIpc) is 2.64. The molecule has 0 unspecified atom stereocenters. The molecule has 134 valence electrons. The molecule has 0 aromatic heterocycles. The monoisotopic (exact) mass is 346 g/mol. The summed E-state index contributed by atoms with van der Waals surface area (Å²) in [6.07, 6.45) is 0.370. The van der Waals surface area contributed by atoms with Crippen LogP contribution in [0.5, 0.6) is 11.5 Å². The second-order valence-electron chi connectivity index (χ2n) is 5.52. The van der Waals surface area contributed by atoms with Crippen LogP contribution in [0.25, 0.3) is 0 Å². The molecule has 2 N–H and O–H groups in total. The minimum atomic E-state index is -0.252. The predicted octanol–water partition coefficient (Wildman–Crippen LogP) is 2.64. The number of rotatable bonds is 9. The highest BCUT2D eigenvalue weighted by Gasteiger charge is 2.06. The van der Waals surface area contributed by atoms with E-state index in [2.05, 4.69) is 10.6 Å². The Balaban J connectivity index is 1.69. The zero-order chi connectivity index (χ0) is 18.1. The number of hydrogen-bond donors (Lipinski definition) is 2. The second kappa shape index (κ2) is 9.64. The topological polar surface area (TPSA) is 59.6 Å². The number of carbonyl (C=O) groups excluding carboxylic acids is 1. The lowest BCUT2D eigenvalue weighted by Gasteiger charge is -2.10. The molecule has 0 saturated heterocycles. The van der Waals surface area contributed by atoms with E-state index in [9.17, 15) is 9.18 Å². The molecule has 0 fully saturated rings. The second-order valence-corrected chi connectivity index (χ2v) is 5.52. The van der Waals surface area contributed by atoms with Crippen molar-refractivity contribution < 1.29 is 18.7 Å². The molecule has 2 aromatic rings. The summed E-state index contributed by atoms with van der Waals surface area (Å²) in [5.41, 5.74) is 1.91. The van der Waals surface area contributed by atoms with Crippen LogP contribution in [-0.4, -0.2) is 26.7 Å². The molecule has 0 aliphatic rings. The summed E-state index contributed by atoms with van der Waals surface area (Å²) in [6, 6.07) is 11.8. The first-order valence-corrected chi connectivity index (χ1v) is 8.05. The first kappa shape index (κ1) is 18.7. The Morgan fingerprint density at radius 2 is 1.64 bits per heavy atom. The lowest BCUT2D eigenvalue weighted by Crippen LogP contribution is -2.27. The van der Waals surface area contributed by atoms with Gasteiger partial charge in [-0.3, -0.25) is 4.79 Å². The Bertz CT molecular complexity index is 690. The molecule has 6 heteroatoms. The van der Waals surface area contributed by atoms with Gasteiger partial charge in [-0.2, -0.15) is 0 Å². The van der Waals surface area contributed by atoms with Crippen LogP contribution >= 0.6 is 0 Å². The van der Waals surface area contributed by atoms with Crippen molar-refractivity contribution in [1.29, 1.82) is 0 Å². The van der Waals surface area contributed by atoms with Crippen LogP contribution in [0.4, 0.5) is 4.39 Å². The number of carbonyl (C=O) groups is 1. The Hall–Kier alpha value is -2.60. The smallest absolute Gasteiger partial charge is 0.221 e. The van der Waals surface area contributed by atoms with E-state index in [1.807, 2.05) is 18.2 Å². The quantitative estimate of drug-likeness (QED) is 0.686. The van der Waals surface area contributed by atoms with Gasteiger partial charge in [0.25, 0.3) is 0 Å². The molecular formula is C19H23FN2O3. The SMILES string of the molecule is COc1ccc(CNC(=O)CCNCc2ccc(F)cc2)cc1OC.